The lowest BCUT2D eigenvalue weighted by Crippen LogP contribution is -2.42. The Bertz CT molecular complexity index is 475. The molecule has 0 aromatic heterocycles. The standard InChI is InChI=1S/C12H15FN2O4/c13-9-1-2-10(11(7-9)15(17)18)14-8-12(16)3-5-19-6-4-12/h1-2,7,14,16H,3-6,8H2. The van der Waals surface area contributed by atoms with Crippen LogP contribution < -0.4 is 5.32 Å². The van der Waals surface area contributed by atoms with Crippen LogP contribution in [-0.2, 0) is 4.74 Å². The van der Waals surface area contributed by atoms with Gasteiger partial charge in [0.1, 0.15) is 11.5 Å². The molecule has 0 atom stereocenters. The van der Waals surface area contributed by atoms with Crippen molar-refractivity contribution in [3.8, 4) is 0 Å². The zero-order valence-corrected chi connectivity index (χ0v) is 10.3. The second kappa shape index (κ2) is 5.50. The molecule has 0 bridgehead atoms. The first-order chi connectivity index (χ1) is 9.00. The highest BCUT2D eigenvalue weighted by atomic mass is 19.1. The maximum atomic E-state index is 13.0. The van der Waals surface area contributed by atoms with Crippen molar-refractivity contribution in [2.45, 2.75) is 18.4 Å². The number of anilines is 1. The first-order valence-corrected chi connectivity index (χ1v) is 5.98. The van der Waals surface area contributed by atoms with Gasteiger partial charge in [0.05, 0.1) is 16.6 Å². The second-order valence-electron chi connectivity index (χ2n) is 4.61. The van der Waals surface area contributed by atoms with E-state index in [4.69, 9.17) is 4.74 Å². The van der Waals surface area contributed by atoms with Crippen LogP contribution in [0.4, 0.5) is 15.8 Å². The molecular weight excluding hydrogens is 255 g/mol. The third-order valence-corrected chi connectivity index (χ3v) is 3.19. The van der Waals surface area contributed by atoms with Gasteiger partial charge >= 0.3 is 0 Å². The van der Waals surface area contributed by atoms with Gasteiger partial charge < -0.3 is 15.2 Å². The molecule has 19 heavy (non-hydrogen) atoms. The summed E-state index contributed by atoms with van der Waals surface area (Å²) in [5.41, 5.74) is -1.08. The number of rotatable bonds is 4. The monoisotopic (exact) mass is 270 g/mol. The summed E-state index contributed by atoms with van der Waals surface area (Å²) in [6.45, 7) is 1.09. The fourth-order valence-corrected chi connectivity index (χ4v) is 1.99. The highest BCUT2D eigenvalue weighted by Crippen LogP contribution is 2.27. The van der Waals surface area contributed by atoms with E-state index in [0.717, 1.165) is 12.1 Å². The summed E-state index contributed by atoms with van der Waals surface area (Å²) in [7, 11) is 0. The largest absolute Gasteiger partial charge is 0.388 e. The molecule has 0 saturated carbocycles. The van der Waals surface area contributed by atoms with Gasteiger partial charge in [-0.1, -0.05) is 0 Å². The molecule has 1 aromatic carbocycles. The minimum atomic E-state index is -0.944. The van der Waals surface area contributed by atoms with Crippen LogP contribution in [0.1, 0.15) is 12.8 Å². The molecule has 0 unspecified atom stereocenters. The van der Waals surface area contributed by atoms with Crippen LogP contribution in [-0.4, -0.2) is 35.4 Å². The van der Waals surface area contributed by atoms with E-state index in [-0.39, 0.29) is 17.9 Å². The Kier molecular flexibility index (Phi) is 3.96. The summed E-state index contributed by atoms with van der Waals surface area (Å²) in [5, 5.41) is 23.9. The van der Waals surface area contributed by atoms with Crippen LogP contribution in [0.2, 0.25) is 0 Å². The average molecular weight is 270 g/mol. The number of aliphatic hydroxyl groups is 1. The molecule has 0 radical (unpaired) electrons. The topological polar surface area (TPSA) is 84.6 Å². The van der Waals surface area contributed by atoms with E-state index in [9.17, 15) is 19.6 Å². The molecule has 0 aliphatic carbocycles. The van der Waals surface area contributed by atoms with Crippen molar-refractivity contribution in [1.82, 2.24) is 0 Å². The number of nitro benzene ring substituents is 1. The molecule has 2 rings (SSSR count). The number of ether oxygens (including phenoxy) is 1. The van der Waals surface area contributed by atoms with Gasteiger partial charge in [-0.3, -0.25) is 10.1 Å². The van der Waals surface area contributed by atoms with Crippen LogP contribution in [0.25, 0.3) is 0 Å². The molecule has 0 amide bonds. The SMILES string of the molecule is O=[N+]([O-])c1cc(F)ccc1NCC1(O)CCOCC1. The van der Waals surface area contributed by atoms with Crippen molar-refractivity contribution in [1.29, 1.82) is 0 Å². The van der Waals surface area contributed by atoms with Crippen molar-refractivity contribution in [2.75, 3.05) is 25.1 Å². The molecule has 0 spiro atoms. The Labute approximate surface area is 109 Å². The predicted molar refractivity (Wildman–Crippen MR) is 66.5 cm³/mol. The molecule has 6 nitrogen and oxygen atoms in total. The number of nitrogens with one attached hydrogen (secondary N) is 1. The summed E-state index contributed by atoms with van der Waals surface area (Å²) in [6, 6.07) is 3.30. The molecule has 7 heteroatoms. The van der Waals surface area contributed by atoms with E-state index in [0.29, 0.717) is 26.1 Å². The lowest BCUT2D eigenvalue weighted by Gasteiger charge is -2.32. The van der Waals surface area contributed by atoms with Gasteiger partial charge in [-0.2, -0.15) is 0 Å². The van der Waals surface area contributed by atoms with Crippen molar-refractivity contribution < 1.29 is 19.2 Å². The fourth-order valence-electron chi connectivity index (χ4n) is 1.99. The van der Waals surface area contributed by atoms with Gasteiger partial charge in [0.25, 0.3) is 5.69 Å². The highest BCUT2D eigenvalue weighted by molar-refractivity contribution is 5.61. The van der Waals surface area contributed by atoms with Crippen molar-refractivity contribution in [2.24, 2.45) is 0 Å². The molecule has 1 aliphatic heterocycles. The number of halogens is 1. The number of hydrogen-bond donors (Lipinski definition) is 2. The Morgan fingerprint density at radius 2 is 2.16 bits per heavy atom. The van der Waals surface area contributed by atoms with Gasteiger partial charge in [0, 0.05) is 32.6 Å². The van der Waals surface area contributed by atoms with Crippen molar-refractivity contribution >= 4 is 11.4 Å². The normalized spacial score (nSPS) is 18.0. The summed E-state index contributed by atoms with van der Waals surface area (Å²) in [6.07, 6.45) is 0.935. The van der Waals surface area contributed by atoms with Gasteiger partial charge in [0.2, 0.25) is 0 Å². The van der Waals surface area contributed by atoms with E-state index in [2.05, 4.69) is 5.32 Å². The number of nitrogens with zero attached hydrogens (tertiary/aromatic N) is 1. The zero-order chi connectivity index (χ0) is 13.9. The van der Waals surface area contributed by atoms with Crippen LogP contribution in [0, 0.1) is 15.9 Å². The molecular formula is C12H15FN2O4. The third-order valence-electron chi connectivity index (χ3n) is 3.19. The Balaban J connectivity index is 2.08. The number of nitro groups is 1. The Morgan fingerprint density at radius 3 is 2.79 bits per heavy atom. The lowest BCUT2D eigenvalue weighted by molar-refractivity contribution is -0.384. The van der Waals surface area contributed by atoms with E-state index in [1.54, 1.807) is 0 Å². The van der Waals surface area contributed by atoms with Crippen LogP contribution in [0.15, 0.2) is 18.2 Å². The maximum absolute atomic E-state index is 13.0. The number of hydrogen-bond acceptors (Lipinski definition) is 5. The lowest BCUT2D eigenvalue weighted by atomic mass is 9.94. The van der Waals surface area contributed by atoms with Crippen molar-refractivity contribution in [3.63, 3.8) is 0 Å². The first-order valence-electron chi connectivity index (χ1n) is 5.98. The quantitative estimate of drug-likeness (QED) is 0.642. The van der Waals surface area contributed by atoms with Gasteiger partial charge in [0.15, 0.2) is 0 Å². The molecule has 1 heterocycles. The summed E-state index contributed by atoms with van der Waals surface area (Å²) < 4.78 is 18.1. The molecule has 2 N–H and O–H groups in total. The summed E-state index contributed by atoms with van der Waals surface area (Å²) >= 11 is 0. The second-order valence-corrected chi connectivity index (χ2v) is 4.61. The Morgan fingerprint density at radius 1 is 1.47 bits per heavy atom. The Hall–Kier alpha value is -1.73. The van der Waals surface area contributed by atoms with E-state index < -0.39 is 16.3 Å². The fraction of sp³-hybridized carbons (Fsp3) is 0.500. The van der Waals surface area contributed by atoms with E-state index in [1.165, 1.54) is 6.07 Å². The highest BCUT2D eigenvalue weighted by Gasteiger charge is 2.30. The van der Waals surface area contributed by atoms with Gasteiger partial charge in [-0.05, 0) is 12.1 Å². The molecule has 1 saturated heterocycles. The van der Waals surface area contributed by atoms with Crippen LogP contribution >= 0.6 is 0 Å². The molecule has 1 aliphatic rings. The predicted octanol–water partition coefficient (Wildman–Crippen LogP) is 1.69. The summed E-state index contributed by atoms with van der Waals surface area (Å²) in [4.78, 5) is 10.2. The minimum absolute atomic E-state index is 0.169. The average Bonchev–Trinajstić information content (AvgIpc) is 2.38. The minimum Gasteiger partial charge on any atom is -0.388 e. The van der Waals surface area contributed by atoms with E-state index >= 15 is 0 Å². The smallest absolute Gasteiger partial charge is 0.295 e. The van der Waals surface area contributed by atoms with Gasteiger partial charge in [-0.25, -0.2) is 4.39 Å². The van der Waals surface area contributed by atoms with E-state index in [1.807, 2.05) is 0 Å². The van der Waals surface area contributed by atoms with Crippen LogP contribution in [0.5, 0.6) is 0 Å². The first kappa shape index (κ1) is 13.7. The molecule has 1 fully saturated rings. The maximum Gasteiger partial charge on any atom is 0.295 e. The molecule has 1 aromatic rings. The zero-order valence-electron chi connectivity index (χ0n) is 10.3. The third kappa shape index (κ3) is 3.39. The number of benzene rings is 1. The van der Waals surface area contributed by atoms with Crippen molar-refractivity contribution in [3.05, 3.63) is 34.1 Å². The van der Waals surface area contributed by atoms with Crippen LogP contribution in [0.3, 0.4) is 0 Å². The van der Waals surface area contributed by atoms with Gasteiger partial charge in [-0.15, -0.1) is 0 Å². The molecule has 104 valence electrons. The summed E-state index contributed by atoms with van der Waals surface area (Å²) in [5.74, 6) is -0.665.